The van der Waals surface area contributed by atoms with E-state index in [2.05, 4.69) is 36.5 Å². The number of rotatable bonds is 0. The average Bonchev–Trinajstić information content (AvgIpc) is 2.77. The van der Waals surface area contributed by atoms with Crippen LogP contribution in [0, 0.1) is 0 Å². The molecule has 1 aliphatic heterocycles. The van der Waals surface area contributed by atoms with E-state index in [1.807, 2.05) is 19.1 Å². The molecule has 5 nitrogen and oxygen atoms in total. The van der Waals surface area contributed by atoms with Crippen molar-refractivity contribution in [2.24, 2.45) is 0 Å². The second kappa shape index (κ2) is 4.64. The molecule has 0 bridgehead atoms. The van der Waals surface area contributed by atoms with E-state index in [-0.39, 0.29) is 11.9 Å². The highest BCUT2D eigenvalue weighted by Gasteiger charge is 2.25. The number of carbonyl (C=O) groups is 1. The summed E-state index contributed by atoms with van der Waals surface area (Å²) in [5.41, 5.74) is 2.51. The average molecular weight is 363 g/mol. The number of benzene rings is 1. The zero-order valence-electron chi connectivity index (χ0n) is 11.1. The van der Waals surface area contributed by atoms with Gasteiger partial charge in [0.05, 0.1) is 22.9 Å². The zero-order chi connectivity index (χ0) is 14.6. The lowest BCUT2D eigenvalue weighted by Gasteiger charge is -2.09. The van der Waals surface area contributed by atoms with Gasteiger partial charge in [-0.1, -0.05) is 0 Å². The Kier molecular flexibility index (Phi) is 2.87. The number of aromatic nitrogens is 2. The van der Waals surface area contributed by atoms with Crippen LogP contribution in [0.4, 0.5) is 5.69 Å². The maximum Gasteiger partial charge on any atom is 0.263 e. The minimum Gasteiger partial charge on any atom is -0.381 e. The molecule has 1 amide bonds. The number of thiophene rings is 1. The van der Waals surface area contributed by atoms with Gasteiger partial charge in [0.25, 0.3) is 5.91 Å². The first-order valence-corrected chi connectivity index (χ1v) is 8.17. The summed E-state index contributed by atoms with van der Waals surface area (Å²) in [6.07, 6.45) is 1.69. The van der Waals surface area contributed by atoms with E-state index in [1.165, 1.54) is 11.3 Å². The van der Waals surface area contributed by atoms with Crippen molar-refractivity contribution >= 4 is 60.0 Å². The van der Waals surface area contributed by atoms with Crippen molar-refractivity contribution in [1.82, 2.24) is 15.3 Å². The molecule has 0 saturated carbocycles. The molecule has 7 heteroatoms. The summed E-state index contributed by atoms with van der Waals surface area (Å²) in [6, 6.07) is 4.03. The number of nitrogens with zero attached hydrogens (tertiary/aromatic N) is 2. The van der Waals surface area contributed by atoms with Gasteiger partial charge in [-0.05, 0) is 35.0 Å². The third-order valence-electron chi connectivity index (χ3n) is 3.50. The first kappa shape index (κ1) is 13.0. The van der Waals surface area contributed by atoms with Crippen LogP contribution < -0.4 is 10.6 Å². The molecular weight excluding hydrogens is 352 g/mol. The van der Waals surface area contributed by atoms with Gasteiger partial charge in [0.1, 0.15) is 9.48 Å². The number of halogens is 1. The van der Waals surface area contributed by atoms with Gasteiger partial charge in [0, 0.05) is 22.7 Å². The molecule has 3 aromatic rings. The predicted molar refractivity (Wildman–Crippen MR) is 88.0 cm³/mol. The Balaban J connectivity index is 2.08. The van der Waals surface area contributed by atoms with Crippen LogP contribution in [0.15, 0.2) is 22.9 Å². The van der Waals surface area contributed by atoms with Crippen molar-refractivity contribution in [2.45, 2.75) is 13.0 Å². The van der Waals surface area contributed by atoms with Gasteiger partial charge in [-0.25, -0.2) is 4.98 Å². The molecule has 1 atom stereocenters. The zero-order valence-corrected chi connectivity index (χ0v) is 13.5. The predicted octanol–water partition coefficient (Wildman–Crippen LogP) is 3.15. The van der Waals surface area contributed by atoms with Gasteiger partial charge in [-0.2, -0.15) is 0 Å². The van der Waals surface area contributed by atoms with E-state index < -0.39 is 0 Å². The normalized spacial score (nSPS) is 18.2. The Hall–Kier alpha value is -1.73. The number of hydrogen-bond donors (Lipinski definition) is 2. The summed E-state index contributed by atoms with van der Waals surface area (Å²) in [6.45, 7) is 2.68. The summed E-state index contributed by atoms with van der Waals surface area (Å²) < 4.78 is 1.75. The van der Waals surface area contributed by atoms with Gasteiger partial charge in [0.15, 0.2) is 0 Å². The van der Waals surface area contributed by atoms with Crippen LogP contribution >= 0.6 is 27.3 Å². The second-order valence-corrected chi connectivity index (χ2v) is 6.93. The highest BCUT2D eigenvalue weighted by atomic mass is 79.9. The molecule has 1 aromatic carbocycles. The molecule has 0 unspecified atom stereocenters. The minimum absolute atomic E-state index is 0.0260. The molecule has 3 heterocycles. The first-order valence-electron chi connectivity index (χ1n) is 6.56. The SMILES string of the molecule is C[C@@H]1CNc2c(sc3ccc4nc(Br)cnc4c23)C(=O)N1. The van der Waals surface area contributed by atoms with Crippen molar-refractivity contribution in [3.63, 3.8) is 0 Å². The van der Waals surface area contributed by atoms with Crippen molar-refractivity contribution in [3.8, 4) is 0 Å². The quantitative estimate of drug-likeness (QED) is 0.644. The third kappa shape index (κ3) is 1.99. The van der Waals surface area contributed by atoms with Crippen LogP contribution in [0.2, 0.25) is 0 Å². The maximum absolute atomic E-state index is 12.3. The molecule has 0 saturated heterocycles. The molecule has 106 valence electrons. The smallest absolute Gasteiger partial charge is 0.263 e. The molecule has 4 rings (SSSR count). The summed E-state index contributed by atoms with van der Waals surface area (Å²) in [7, 11) is 0. The van der Waals surface area contributed by atoms with Crippen molar-refractivity contribution in [3.05, 3.63) is 27.8 Å². The molecule has 21 heavy (non-hydrogen) atoms. The molecule has 0 fully saturated rings. The lowest BCUT2D eigenvalue weighted by molar-refractivity contribution is 0.0949. The van der Waals surface area contributed by atoms with E-state index >= 15 is 0 Å². The minimum atomic E-state index is -0.0260. The van der Waals surface area contributed by atoms with Gasteiger partial charge in [0.2, 0.25) is 0 Å². The van der Waals surface area contributed by atoms with Gasteiger partial charge in [-0.3, -0.25) is 9.78 Å². The van der Waals surface area contributed by atoms with E-state index in [9.17, 15) is 4.79 Å². The van der Waals surface area contributed by atoms with Gasteiger partial charge >= 0.3 is 0 Å². The number of carbonyl (C=O) groups excluding carboxylic acids is 1. The lowest BCUT2D eigenvalue weighted by Crippen LogP contribution is -2.34. The van der Waals surface area contributed by atoms with Crippen LogP contribution in [0.1, 0.15) is 16.6 Å². The van der Waals surface area contributed by atoms with Crippen molar-refractivity contribution in [1.29, 1.82) is 0 Å². The van der Waals surface area contributed by atoms with Crippen LogP contribution in [-0.4, -0.2) is 28.5 Å². The van der Waals surface area contributed by atoms with Crippen LogP contribution in [-0.2, 0) is 0 Å². The lowest BCUT2D eigenvalue weighted by atomic mass is 10.1. The van der Waals surface area contributed by atoms with E-state index in [0.717, 1.165) is 26.8 Å². The fourth-order valence-corrected chi connectivity index (χ4v) is 3.95. The van der Waals surface area contributed by atoms with Crippen molar-refractivity contribution in [2.75, 3.05) is 11.9 Å². The van der Waals surface area contributed by atoms with Crippen LogP contribution in [0.5, 0.6) is 0 Å². The molecule has 0 aliphatic carbocycles. The Morgan fingerprint density at radius 2 is 2.29 bits per heavy atom. The Bertz CT molecular complexity index is 891. The second-order valence-electron chi connectivity index (χ2n) is 5.06. The summed E-state index contributed by atoms with van der Waals surface area (Å²) in [4.78, 5) is 21.9. The summed E-state index contributed by atoms with van der Waals surface area (Å²) in [5.74, 6) is -0.0260. The highest BCUT2D eigenvalue weighted by Crippen LogP contribution is 2.40. The topological polar surface area (TPSA) is 66.9 Å². The number of anilines is 1. The molecule has 0 spiro atoms. The van der Waals surface area contributed by atoms with E-state index in [4.69, 9.17) is 0 Å². The van der Waals surface area contributed by atoms with E-state index in [0.29, 0.717) is 16.0 Å². The van der Waals surface area contributed by atoms with Gasteiger partial charge in [-0.15, -0.1) is 11.3 Å². The standard InChI is InChI=1S/C14H11BrN4OS/c1-6-4-16-12-10-8(21-13(12)14(20)18-6)3-2-7-11(10)17-5-9(15)19-7/h2-3,5-6,16H,4H2,1H3,(H,18,20)/t6-/m1/s1. The van der Waals surface area contributed by atoms with Crippen LogP contribution in [0.3, 0.4) is 0 Å². The number of nitrogens with one attached hydrogen (secondary N) is 2. The molecular formula is C14H11BrN4OS. The molecule has 1 aliphatic rings. The van der Waals surface area contributed by atoms with Crippen molar-refractivity contribution < 1.29 is 4.79 Å². The molecule has 0 radical (unpaired) electrons. The number of amides is 1. The summed E-state index contributed by atoms with van der Waals surface area (Å²) in [5, 5.41) is 7.35. The Morgan fingerprint density at radius 3 is 3.14 bits per heavy atom. The fourth-order valence-electron chi connectivity index (χ4n) is 2.57. The van der Waals surface area contributed by atoms with Crippen LogP contribution in [0.25, 0.3) is 21.1 Å². The largest absolute Gasteiger partial charge is 0.381 e. The molecule has 2 N–H and O–H groups in total. The number of hydrogen-bond acceptors (Lipinski definition) is 5. The fraction of sp³-hybridized carbons (Fsp3) is 0.214. The number of fused-ring (bicyclic) bond motifs is 5. The van der Waals surface area contributed by atoms with E-state index in [1.54, 1.807) is 6.20 Å². The summed E-state index contributed by atoms with van der Waals surface area (Å²) >= 11 is 4.83. The highest BCUT2D eigenvalue weighted by molar-refractivity contribution is 9.10. The third-order valence-corrected chi connectivity index (χ3v) is 5.04. The van der Waals surface area contributed by atoms with Gasteiger partial charge < -0.3 is 10.6 Å². The molecule has 2 aromatic heterocycles. The first-order chi connectivity index (χ1) is 10.1. The monoisotopic (exact) mass is 362 g/mol. The maximum atomic E-state index is 12.3. The Labute approximate surface area is 132 Å². The Morgan fingerprint density at radius 1 is 1.43 bits per heavy atom.